The Bertz CT molecular complexity index is 381. The largest absolute Gasteiger partial charge is 0.444 e. The van der Waals surface area contributed by atoms with Gasteiger partial charge in [0.1, 0.15) is 11.5 Å². The molecule has 0 radical (unpaired) electrons. The van der Waals surface area contributed by atoms with Crippen molar-refractivity contribution in [1.29, 1.82) is 0 Å². The minimum absolute atomic E-state index is 0.0206. The van der Waals surface area contributed by atoms with Crippen molar-refractivity contribution in [3.05, 3.63) is 17.3 Å². The van der Waals surface area contributed by atoms with Crippen molar-refractivity contribution in [1.82, 2.24) is 4.98 Å². The second kappa shape index (κ2) is 3.09. The summed E-state index contributed by atoms with van der Waals surface area (Å²) in [4.78, 5) is 15.7. The van der Waals surface area contributed by atoms with Crippen molar-refractivity contribution in [3.8, 4) is 0 Å². The Hall–Kier alpha value is -0.830. The maximum Gasteiger partial charge on any atom is 0.210 e. The summed E-state index contributed by atoms with van der Waals surface area (Å²) in [6.45, 7) is 4.10. The van der Waals surface area contributed by atoms with E-state index in [1.54, 1.807) is 0 Å². The van der Waals surface area contributed by atoms with Crippen molar-refractivity contribution in [2.24, 2.45) is 5.41 Å². The predicted molar refractivity (Wildman–Crippen MR) is 52.5 cm³/mol. The fraction of sp³-hybridized carbons (Fsp3) is 0.600. The van der Waals surface area contributed by atoms with E-state index >= 15 is 0 Å². The Morgan fingerprint density at radius 3 is 2.86 bits per heavy atom. The molecule has 0 N–H and O–H groups in total. The molecular weight excluding hydrogens is 202 g/mol. The van der Waals surface area contributed by atoms with E-state index in [4.69, 9.17) is 16.0 Å². The first-order valence-corrected chi connectivity index (χ1v) is 5.13. The Morgan fingerprint density at radius 1 is 1.50 bits per heavy atom. The maximum absolute atomic E-state index is 11.7. The van der Waals surface area contributed by atoms with Gasteiger partial charge in [-0.25, -0.2) is 4.98 Å². The molecule has 0 atom stereocenters. The molecular formula is C10H12ClNO2. The Kier molecular flexibility index (Phi) is 2.14. The van der Waals surface area contributed by atoms with Crippen LogP contribution in [0.2, 0.25) is 0 Å². The maximum atomic E-state index is 11.7. The topological polar surface area (TPSA) is 43.1 Å². The average molecular weight is 214 g/mol. The van der Waals surface area contributed by atoms with Crippen LogP contribution in [0, 0.1) is 5.41 Å². The minimum Gasteiger partial charge on any atom is -0.444 e. The number of hydrogen-bond acceptors (Lipinski definition) is 3. The van der Waals surface area contributed by atoms with Crippen LogP contribution in [0.3, 0.4) is 0 Å². The SMILES string of the molecule is CC1(C)CC(=O)c2nc(CCl)oc2C1. The molecule has 0 spiro atoms. The van der Waals surface area contributed by atoms with E-state index in [1.807, 2.05) is 0 Å². The normalized spacial score (nSPS) is 19.5. The first kappa shape index (κ1) is 9.71. The second-order valence-electron chi connectivity index (χ2n) is 4.45. The molecule has 76 valence electrons. The smallest absolute Gasteiger partial charge is 0.210 e. The standard InChI is InChI=1S/C10H12ClNO2/c1-10(2)3-6(13)9-7(4-10)14-8(5-11)12-9/h3-5H2,1-2H3. The summed E-state index contributed by atoms with van der Waals surface area (Å²) < 4.78 is 5.40. The molecule has 3 nitrogen and oxygen atoms in total. The molecule has 1 heterocycles. The molecule has 1 aliphatic carbocycles. The van der Waals surface area contributed by atoms with Gasteiger partial charge in [-0.05, 0) is 5.41 Å². The van der Waals surface area contributed by atoms with Gasteiger partial charge in [0.05, 0.1) is 5.88 Å². The third-order valence-corrected chi connectivity index (χ3v) is 2.63. The predicted octanol–water partition coefficient (Wildman–Crippen LogP) is 2.57. The summed E-state index contributed by atoms with van der Waals surface area (Å²) >= 11 is 5.60. The van der Waals surface area contributed by atoms with Crippen molar-refractivity contribution >= 4 is 17.4 Å². The van der Waals surface area contributed by atoms with Crippen LogP contribution in [0.5, 0.6) is 0 Å². The molecule has 4 heteroatoms. The molecule has 1 aliphatic rings. The Morgan fingerprint density at radius 2 is 2.21 bits per heavy atom. The van der Waals surface area contributed by atoms with Gasteiger partial charge in [-0.1, -0.05) is 13.8 Å². The first-order valence-electron chi connectivity index (χ1n) is 4.59. The number of oxazole rings is 1. The van der Waals surface area contributed by atoms with Gasteiger partial charge < -0.3 is 4.42 Å². The minimum atomic E-state index is -0.0206. The second-order valence-corrected chi connectivity index (χ2v) is 4.72. The van der Waals surface area contributed by atoms with Crippen LogP contribution in [0.15, 0.2) is 4.42 Å². The molecule has 1 aromatic heterocycles. The summed E-state index contributed by atoms with van der Waals surface area (Å²) in [7, 11) is 0. The number of ketones is 1. The van der Waals surface area contributed by atoms with Gasteiger partial charge in [-0.3, -0.25) is 4.79 Å². The number of alkyl halides is 1. The van der Waals surface area contributed by atoms with Gasteiger partial charge in [-0.2, -0.15) is 0 Å². The van der Waals surface area contributed by atoms with Crippen molar-refractivity contribution in [3.63, 3.8) is 0 Å². The molecule has 0 fully saturated rings. The molecule has 2 rings (SSSR count). The number of rotatable bonds is 1. The van der Waals surface area contributed by atoms with Crippen molar-refractivity contribution in [2.75, 3.05) is 0 Å². The van der Waals surface area contributed by atoms with Crippen LogP contribution >= 0.6 is 11.6 Å². The lowest BCUT2D eigenvalue weighted by Gasteiger charge is -2.26. The fourth-order valence-corrected chi connectivity index (χ4v) is 1.93. The van der Waals surface area contributed by atoms with Gasteiger partial charge in [-0.15, -0.1) is 11.6 Å². The van der Waals surface area contributed by atoms with Crippen LogP contribution in [0.1, 0.15) is 42.4 Å². The molecule has 0 amide bonds. The van der Waals surface area contributed by atoms with Gasteiger partial charge >= 0.3 is 0 Å². The molecule has 0 aromatic carbocycles. The van der Waals surface area contributed by atoms with Crippen LogP contribution in [-0.2, 0) is 12.3 Å². The number of nitrogens with zero attached hydrogens (tertiary/aromatic N) is 1. The molecule has 0 aliphatic heterocycles. The molecule has 14 heavy (non-hydrogen) atoms. The molecule has 0 bridgehead atoms. The summed E-state index contributed by atoms with van der Waals surface area (Å²) in [6, 6.07) is 0. The summed E-state index contributed by atoms with van der Waals surface area (Å²) in [5, 5.41) is 0. The summed E-state index contributed by atoms with van der Waals surface area (Å²) in [6.07, 6.45) is 1.30. The van der Waals surface area contributed by atoms with E-state index in [0.29, 0.717) is 23.8 Å². The first-order chi connectivity index (χ1) is 6.52. The zero-order valence-corrected chi connectivity index (χ0v) is 9.02. The quantitative estimate of drug-likeness (QED) is 0.674. The third-order valence-electron chi connectivity index (χ3n) is 2.40. The van der Waals surface area contributed by atoms with Crippen molar-refractivity contribution in [2.45, 2.75) is 32.6 Å². The van der Waals surface area contributed by atoms with E-state index < -0.39 is 0 Å². The van der Waals surface area contributed by atoms with Crippen molar-refractivity contribution < 1.29 is 9.21 Å². The van der Waals surface area contributed by atoms with Crippen LogP contribution < -0.4 is 0 Å². The van der Waals surface area contributed by atoms with Crippen LogP contribution in [0.25, 0.3) is 0 Å². The third kappa shape index (κ3) is 1.57. The highest BCUT2D eigenvalue weighted by atomic mass is 35.5. The van der Waals surface area contributed by atoms with Gasteiger partial charge in [0.25, 0.3) is 0 Å². The van der Waals surface area contributed by atoms with Gasteiger partial charge in [0, 0.05) is 12.8 Å². The lowest BCUT2D eigenvalue weighted by atomic mass is 9.78. The Labute approximate surface area is 87.5 Å². The average Bonchev–Trinajstić information content (AvgIpc) is 2.45. The van der Waals surface area contributed by atoms with E-state index in [9.17, 15) is 4.79 Å². The van der Waals surface area contributed by atoms with Crippen LogP contribution in [-0.4, -0.2) is 10.8 Å². The highest BCUT2D eigenvalue weighted by Gasteiger charge is 2.34. The van der Waals surface area contributed by atoms with Gasteiger partial charge in [0.15, 0.2) is 5.78 Å². The number of fused-ring (bicyclic) bond motifs is 1. The number of carbonyl (C=O) groups is 1. The zero-order valence-electron chi connectivity index (χ0n) is 8.26. The van der Waals surface area contributed by atoms with E-state index in [-0.39, 0.29) is 17.1 Å². The number of carbonyl (C=O) groups excluding carboxylic acids is 1. The molecule has 0 saturated carbocycles. The summed E-state index contributed by atoms with van der Waals surface area (Å²) in [5.41, 5.74) is 0.465. The lowest BCUT2D eigenvalue weighted by molar-refractivity contribution is 0.0899. The molecule has 0 unspecified atom stereocenters. The number of Topliss-reactive ketones (excluding diaryl/α,β-unsaturated/α-hetero) is 1. The number of hydrogen-bond donors (Lipinski definition) is 0. The van der Waals surface area contributed by atoms with E-state index in [1.165, 1.54) is 0 Å². The highest BCUT2D eigenvalue weighted by molar-refractivity contribution is 6.16. The zero-order chi connectivity index (χ0) is 10.3. The lowest BCUT2D eigenvalue weighted by Crippen LogP contribution is -2.26. The number of aromatic nitrogens is 1. The number of halogens is 1. The molecule has 1 aromatic rings. The van der Waals surface area contributed by atoms with Crippen LogP contribution in [0.4, 0.5) is 0 Å². The highest BCUT2D eigenvalue weighted by Crippen LogP contribution is 2.34. The monoisotopic (exact) mass is 213 g/mol. The van der Waals surface area contributed by atoms with Gasteiger partial charge in [0.2, 0.25) is 5.89 Å². The summed E-state index contributed by atoms with van der Waals surface area (Å²) in [5.74, 6) is 1.43. The molecule has 0 saturated heterocycles. The Balaban J connectivity index is 2.43. The van der Waals surface area contributed by atoms with E-state index in [2.05, 4.69) is 18.8 Å². The fourth-order valence-electron chi connectivity index (χ4n) is 1.81. The van der Waals surface area contributed by atoms with E-state index in [0.717, 1.165) is 6.42 Å².